The van der Waals surface area contributed by atoms with Crippen molar-refractivity contribution < 1.29 is 9.15 Å². The molecule has 2 unspecified atom stereocenters. The van der Waals surface area contributed by atoms with E-state index >= 15 is 0 Å². The first-order chi connectivity index (χ1) is 8.36. The molecule has 1 N–H and O–H groups in total. The Morgan fingerprint density at radius 3 is 3.24 bits per heavy atom. The van der Waals surface area contributed by atoms with Crippen LogP contribution in [0, 0.1) is 5.92 Å². The number of hydrogen-bond donors (Lipinski definition) is 1. The molecule has 3 nitrogen and oxygen atoms in total. The van der Waals surface area contributed by atoms with Crippen molar-refractivity contribution in [3.63, 3.8) is 0 Å². The van der Waals surface area contributed by atoms with Gasteiger partial charge in [-0.2, -0.15) is 0 Å². The number of ether oxygens (including phenoxy) is 1. The van der Waals surface area contributed by atoms with Crippen LogP contribution in [0.1, 0.15) is 44.5 Å². The third kappa shape index (κ3) is 4.17. The molecule has 0 bridgehead atoms. The van der Waals surface area contributed by atoms with Gasteiger partial charge in [-0.3, -0.25) is 0 Å². The fraction of sp³-hybridized carbons (Fsp3) is 0.714. The van der Waals surface area contributed by atoms with Crippen molar-refractivity contribution in [2.24, 2.45) is 5.92 Å². The standard InChI is InChI=1S/C14H23NO2/c1-12(14-7-4-10-17-14)16-9-3-6-13-5-2-8-15-11-13/h4,7,10,12-13,15H,2-3,5-6,8-9,11H2,1H3. The minimum Gasteiger partial charge on any atom is -0.467 e. The number of piperidine rings is 1. The van der Waals surface area contributed by atoms with Crippen LogP contribution in [0.2, 0.25) is 0 Å². The Morgan fingerprint density at radius 2 is 2.53 bits per heavy atom. The van der Waals surface area contributed by atoms with Gasteiger partial charge in [0.15, 0.2) is 0 Å². The van der Waals surface area contributed by atoms with E-state index < -0.39 is 0 Å². The third-order valence-electron chi connectivity index (χ3n) is 3.47. The number of furan rings is 1. The highest BCUT2D eigenvalue weighted by atomic mass is 16.5. The predicted molar refractivity (Wildman–Crippen MR) is 67.9 cm³/mol. The van der Waals surface area contributed by atoms with E-state index in [1.165, 1.54) is 32.4 Å². The Morgan fingerprint density at radius 1 is 1.59 bits per heavy atom. The third-order valence-corrected chi connectivity index (χ3v) is 3.47. The highest BCUT2D eigenvalue weighted by Gasteiger charge is 2.13. The van der Waals surface area contributed by atoms with E-state index in [4.69, 9.17) is 9.15 Å². The minimum atomic E-state index is 0.0782. The van der Waals surface area contributed by atoms with E-state index in [9.17, 15) is 0 Å². The van der Waals surface area contributed by atoms with Crippen LogP contribution < -0.4 is 5.32 Å². The van der Waals surface area contributed by atoms with E-state index in [0.717, 1.165) is 24.7 Å². The van der Waals surface area contributed by atoms with Crippen molar-refractivity contribution >= 4 is 0 Å². The lowest BCUT2D eigenvalue weighted by Gasteiger charge is -2.22. The summed E-state index contributed by atoms with van der Waals surface area (Å²) in [6.07, 6.45) is 6.90. The second-order valence-corrected chi connectivity index (χ2v) is 4.88. The monoisotopic (exact) mass is 237 g/mol. The molecule has 1 saturated heterocycles. The van der Waals surface area contributed by atoms with Crippen LogP contribution in [0.5, 0.6) is 0 Å². The van der Waals surface area contributed by atoms with E-state index in [1.54, 1.807) is 6.26 Å². The van der Waals surface area contributed by atoms with Crippen LogP contribution in [-0.2, 0) is 4.74 Å². The first kappa shape index (κ1) is 12.7. The zero-order valence-electron chi connectivity index (χ0n) is 10.7. The SMILES string of the molecule is CC(OCCCC1CCCNC1)c1ccco1. The summed E-state index contributed by atoms with van der Waals surface area (Å²) in [6, 6.07) is 3.87. The molecule has 17 heavy (non-hydrogen) atoms. The van der Waals surface area contributed by atoms with E-state index in [2.05, 4.69) is 5.32 Å². The molecule has 1 aliphatic heterocycles. The van der Waals surface area contributed by atoms with Crippen LogP contribution >= 0.6 is 0 Å². The fourth-order valence-corrected chi connectivity index (χ4v) is 2.41. The smallest absolute Gasteiger partial charge is 0.132 e. The molecular weight excluding hydrogens is 214 g/mol. The Kier molecular flexibility index (Phi) is 5.08. The highest BCUT2D eigenvalue weighted by Crippen LogP contribution is 2.19. The van der Waals surface area contributed by atoms with Crippen LogP contribution in [-0.4, -0.2) is 19.7 Å². The summed E-state index contributed by atoms with van der Waals surface area (Å²) in [6.45, 7) is 5.26. The molecule has 1 aromatic heterocycles. The van der Waals surface area contributed by atoms with Gasteiger partial charge in [0, 0.05) is 6.61 Å². The molecule has 1 fully saturated rings. The molecule has 96 valence electrons. The van der Waals surface area contributed by atoms with E-state index in [1.807, 2.05) is 19.1 Å². The summed E-state index contributed by atoms with van der Waals surface area (Å²) in [5, 5.41) is 3.45. The molecule has 0 radical (unpaired) electrons. The highest BCUT2D eigenvalue weighted by molar-refractivity contribution is 5.00. The maximum absolute atomic E-state index is 5.76. The number of hydrogen-bond acceptors (Lipinski definition) is 3. The maximum Gasteiger partial charge on any atom is 0.132 e. The number of nitrogens with one attached hydrogen (secondary N) is 1. The largest absolute Gasteiger partial charge is 0.467 e. The summed E-state index contributed by atoms with van der Waals surface area (Å²) in [4.78, 5) is 0. The zero-order valence-corrected chi connectivity index (χ0v) is 10.7. The molecule has 3 heteroatoms. The van der Waals surface area contributed by atoms with Crippen LogP contribution in [0.25, 0.3) is 0 Å². The second kappa shape index (κ2) is 6.82. The predicted octanol–water partition coefficient (Wildman–Crippen LogP) is 3.14. The molecule has 2 rings (SSSR count). The topological polar surface area (TPSA) is 34.4 Å². The molecule has 0 amide bonds. The van der Waals surface area contributed by atoms with Crippen molar-refractivity contribution in [1.29, 1.82) is 0 Å². The van der Waals surface area contributed by atoms with Gasteiger partial charge in [-0.05, 0) is 63.7 Å². The van der Waals surface area contributed by atoms with Gasteiger partial charge >= 0.3 is 0 Å². The summed E-state index contributed by atoms with van der Waals surface area (Å²) >= 11 is 0. The van der Waals surface area contributed by atoms with Gasteiger partial charge in [-0.1, -0.05) is 0 Å². The lowest BCUT2D eigenvalue weighted by molar-refractivity contribution is 0.0459. The molecular formula is C14H23NO2. The van der Waals surface area contributed by atoms with Crippen molar-refractivity contribution in [3.8, 4) is 0 Å². The summed E-state index contributed by atoms with van der Waals surface area (Å²) in [7, 11) is 0. The molecule has 2 heterocycles. The fourth-order valence-electron chi connectivity index (χ4n) is 2.41. The van der Waals surface area contributed by atoms with Crippen molar-refractivity contribution in [2.75, 3.05) is 19.7 Å². The summed E-state index contributed by atoms with van der Waals surface area (Å²) < 4.78 is 11.1. The van der Waals surface area contributed by atoms with Gasteiger partial charge in [0.2, 0.25) is 0 Å². The summed E-state index contributed by atoms with van der Waals surface area (Å²) in [5.41, 5.74) is 0. The Labute approximate surface area is 104 Å². The van der Waals surface area contributed by atoms with Gasteiger partial charge in [-0.25, -0.2) is 0 Å². The van der Waals surface area contributed by atoms with Gasteiger partial charge in [0.25, 0.3) is 0 Å². The van der Waals surface area contributed by atoms with E-state index in [0.29, 0.717) is 0 Å². The Balaban J connectivity index is 1.56. The van der Waals surface area contributed by atoms with Gasteiger partial charge in [0.05, 0.1) is 6.26 Å². The molecule has 0 saturated carbocycles. The molecule has 0 aliphatic carbocycles. The average Bonchev–Trinajstić information content (AvgIpc) is 2.89. The average molecular weight is 237 g/mol. The maximum atomic E-state index is 5.76. The van der Waals surface area contributed by atoms with Gasteiger partial charge in [-0.15, -0.1) is 0 Å². The zero-order chi connectivity index (χ0) is 11.9. The molecule has 1 aliphatic rings. The molecule has 0 spiro atoms. The first-order valence-corrected chi connectivity index (χ1v) is 6.72. The van der Waals surface area contributed by atoms with Crippen LogP contribution in [0.4, 0.5) is 0 Å². The van der Waals surface area contributed by atoms with E-state index in [-0.39, 0.29) is 6.10 Å². The quantitative estimate of drug-likeness (QED) is 0.772. The normalized spacial score (nSPS) is 22.5. The molecule has 1 aromatic rings. The van der Waals surface area contributed by atoms with Crippen LogP contribution in [0.15, 0.2) is 22.8 Å². The Hall–Kier alpha value is -0.800. The molecule has 0 aromatic carbocycles. The second-order valence-electron chi connectivity index (χ2n) is 4.88. The van der Waals surface area contributed by atoms with Crippen LogP contribution in [0.3, 0.4) is 0 Å². The lowest BCUT2D eigenvalue weighted by atomic mass is 9.95. The first-order valence-electron chi connectivity index (χ1n) is 6.72. The molecule has 2 atom stereocenters. The lowest BCUT2D eigenvalue weighted by Crippen LogP contribution is -2.29. The minimum absolute atomic E-state index is 0.0782. The van der Waals surface area contributed by atoms with Gasteiger partial charge < -0.3 is 14.5 Å². The Bertz CT molecular complexity index is 291. The summed E-state index contributed by atoms with van der Waals surface area (Å²) in [5.74, 6) is 1.77. The van der Waals surface area contributed by atoms with Gasteiger partial charge in [0.1, 0.15) is 11.9 Å². The van der Waals surface area contributed by atoms with Crippen molar-refractivity contribution in [3.05, 3.63) is 24.2 Å². The number of rotatable bonds is 6. The van der Waals surface area contributed by atoms with Crippen molar-refractivity contribution in [2.45, 2.75) is 38.7 Å². The van der Waals surface area contributed by atoms with Crippen molar-refractivity contribution in [1.82, 2.24) is 5.32 Å².